The highest BCUT2D eigenvalue weighted by Crippen LogP contribution is 2.35. The lowest BCUT2D eigenvalue weighted by atomic mass is 9.94. The van der Waals surface area contributed by atoms with Crippen LogP contribution in [-0.2, 0) is 14.4 Å². The zero-order valence-electron chi connectivity index (χ0n) is 19.7. The lowest BCUT2D eigenvalue weighted by Crippen LogP contribution is -2.44. The van der Waals surface area contributed by atoms with Gasteiger partial charge >= 0.3 is 0 Å². The topological polar surface area (TPSA) is 97.4 Å². The summed E-state index contributed by atoms with van der Waals surface area (Å²) in [6.45, 7) is 3.91. The minimum atomic E-state index is -0.392. The predicted octanol–water partition coefficient (Wildman–Crippen LogP) is 3.04. The van der Waals surface area contributed by atoms with Gasteiger partial charge in [0.2, 0.25) is 24.5 Å². The molecule has 1 atom stereocenters. The van der Waals surface area contributed by atoms with Gasteiger partial charge in [0.25, 0.3) is 0 Å². The average Bonchev–Trinajstić information content (AvgIpc) is 3.50. The summed E-state index contributed by atoms with van der Waals surface area (Å²) < 4.78 is 16.3. The molecule has 0 aliphatic carbocycles. The second kappa shape index (κ2) is 9.85. The van der Waals surface area contributed by atoms with Gasteiger partial charge in [0.05, 0.1) is 18.2 Å². The molecule has 0 spiro atoms. The molecule has 9 heteroatoms. The quantitative estimate of drug-likeness (QED) is 0.684. The molecule has 9 nitrogen and oxygen atoms in total. The standard InChI is InChI=1S/C26H29N3O6/c1-2-33-21-6-4-3-5-20(21)29-15-18(13-24(29)30)26(32)28-11-9-17(10-12-28)25(31)27-19-7-8-22-23(14-19)35-16-34-22/h3-8,14,17-18H,2,9-13,15-16H2,1H3,(H,27,31)/t18-/m0/s1. The van der Waals surface area contributed by atoms with Crippen molar-refractivity contribution < 1.29 is 28.6 Å². The Labute approximate surface area is 203 Å². The Balaban J connectivity index is 1.15. The molecule has 3 aliphatic rings. The van der Waals surface area contributed by atoms with Crippen LogP contribution in [0, 0.1) is 11.8 Å². The van der Waals surface area contributed by atoms with Crippen LogP contribution in [0.1, 0.15) is 26.2 Å². The van der Waals surface area contributed by atoms with Gasteiger partial charge in [0, 0.05) is 43.7 Å². The van der Waals surface area contributed by atoms with Crippen LogP contribution in [0.15, 0.2) is 42.5 Å². The number of fused-ring (bicyclic) bond motifs is 1. The van der Waals surface area contributed by atoms with Crippen LogP contribution in [0.3, 0.4) is 0 Å². The Morgan fingerprint density at radius 1 is 1.06 bits per heavy atom. The summed E-state index contributed by atoms with van der Waals surface area (Å²) in [4.78, 5) is 42.2. The van der Waals surface area contributed by atoms with Crippen LogP contribution in [0.4, 0.5) is 11.4 Å². The van der Waals surface area contributed by atoms with Crippen molar-refractivity contribution in [3.05, 3.63) is 42.5 Å². The van der Waals surface area contributed by atoms with Crippen molar-refractivity contribution in [1.82, 2.24) is 4.90 Å². The van der Waals surface area contributed by atoms with Crippen molar-refractivity contribution in [1.29, 1.82) is 0 Å². The Morgan fingerprint density at radius 3 is 2.63 bits per heavy atom. The molecule has 0 unspecified atom stereocenters. The SMILES string of the molecule is CCOc1ccccc1N1C[C@@H](C(=O)N2CCC(C(=O)Nc3ccc4c(c3)OCO4)CC2)CC1=O. The van der Waals surface area contributed by atoms with Gasteiger partial charge in [-0.05, 0) is 44.0 Å². The van der Waals surface area contributed by atoms with Crippen LogP contribution in [0.2, 0.25) is 0 Å². The minimum absolute atomic E-state index is 0.0237. The van der Waals surface area contributed by atoms with Gasteiger partial charge in [-0.15, -0.1) is 0 Å². The minimum Gasteiger partial charge on any atom is -0.492 e. The van der Waals surface area contributed by atoms with Crippen LogP contribution < -0.4 is 24.4 Å². The van der Waals surface area contributed by atoms with Crippen LogP contribution >= 0.6 is 0 Å². The number of carbonyl (C=O) groups is 3. The molecule has 3 aliphatic heterocycles. The van der Waals surface area contributed by atoms with E-state index in [0.717, 1.165) is 0 Å². The third-order valence-corrected chi connectivity index (χ3v) is 6.75. The second-order valence-electron chi connectivity index (χ2n) is 8.96. The van der Waals surface area contributed by atoms with Gasteiger partial charge in [0.15, 0.2) is 11.5 Å². The predicted molar refractivity (Wildman–Crippen MR) is 129 cm³/mol. The molecule has 0 saturated carbocycles. The highest BCUT2D eigenvalue weighted by Gasteiger charge is 2.39. The summed E-state index contributed by atoms with van der Waals surface area (Å²) in [6, 6.07) is 12.7. The fraction of sp³-hybridized carbons (Fsp3) is 0.423. The molecular formula is C26H29N3O6. The van der Waals surface area contributed by atoms with Crippen molar-refractivity contribution in [2.75, 3.05) is 43.3 Å². The fourth-order valence-corrected chi connectivity index (χ4v) is 4.90. The number of anilines is 2. The van der Waals surface area contributed by atoms with E-state index >= 15 is 0 Å². The van der Waals surface area contributed by atoms with Gasteiger partial charge in [-0.25, -0.2) is 0 Å². The first-order chi connectivity index (χ1) is 17.0. The first-order valence-corrected chi connectivity index (χ1v) is 12.0. The zero-order valence-corrected chi connectivity index (χ0v) is 19.7. The third-order valence-electron chi connectivity index (χ3n) is 6.75. The van der Waals surface area contributed by atoms with Crippen molar-refractivity contribution in [2.45, 2.75) is 26.2 Å². The van der Waals surface area contributed by atoms with Crippen molar-refractivity contribution in [3.63, 3.8) is 0 Å². The van der Waals surface area contributed by atoms with Crippen molar-refractivity contribution >= 4 is 29.1 Å². The molecule has 2 aromatic carbocycles. The summed E-state index contributed by atoms with van der Waals surface area (Å²) in [5, 5.41) is 2.94. The molecule has 0 bridgehead atoms. The van der Waals surface area contributed by atoms with E-state index in [1.54, 1.807) is 28.0 Å². The van der Waals surface area contributed by atoms with E-state index in [9.17, 15) is 14.4 Å². The first-order valence-electron chi connectivity index (χ1n) is 12.0. The van der Waals surface area contributed by atoms with E-state index < -0.39 is 5.92 Å². The Kier molecular flexibility index (Phi) is 6.48. The van der Waals surface area contributed by atoms with E-state index in [-0.39, 0.29) is 36.9 Å². The van der Waals surface area contributed by atoms with E-state index in [4.69, 9.17) is 14.2 Å². The molecular weight excluding hydrogens is 450 g/mol. The van der Waals surface area contributed by atoms with E-state index in [1.807, 2.05) is 31.2 Å². The summed E-state index contributed by atoms with van der Waals surface area (Å²) in [7, 11) is 0. The van der Waals surface area contributed by atoms with Crippen molar-refractivity contribution in [3.8, 4) is 17.2 Å². The number of amides is 3. The number of hydrogen-bond acceptors (Lipinski definition) is 6. The van der Waals surface area contributed by atoms with Gasteiger partial charge in [-0.2, -0.15) is 0 Å². The zero-order chi connectivity index (χ0) is 24.4. The van der Waals surface area contributed by atoms with Gasteiger partial charge in [-0.1, -0.05) is 12.1 Å². The molecule has 3 amide bonds. The summed E-state index contributed by atoms with van der Waals surface area (Å²) in [5.41, 5.74) is 1.36. The fourth-order valence-electron chi connectivity index (χ4n) is 4.90. The number of carbonyl (C=O) groups excluding carboxylic acids is 3. The van der Waals surface area contributed by atoms with Crippen LogP contribution in [0.25, 0.3) is 0 Å². The molecule has 0 radical (unpaired) electrons. The molecule has 5 rings (SSSR count). The number of hydrogen-bond donors (Lipinski definition) is 1. The third kappa shape index (κ3) is 4.76. The lowest BCUT2D eigenvalue weighted by molar-refractivity contribution is -0.138. The highest BCUT2D eigenvalue weighted by molar-refractivity contribution is 6.01. The first kappa shape index (κ1) is 23.0. The Morgan fingerprint density at radius 2 is 1.83 bits per heavy atom. The number of rotatable bonds is 6. The average molecular weight is 480 g/mol. The molecule has 2 saturated heterocycles. The summed E-state index contributed by atoms with van der Waals surface area (Å²) in [5.74, 6) is 1.20. The summed E-state index contributed by atoms with van der Waals surface area (Å²) >= 11 is 0. The van der Waals surface area contributed by atoms with Gasteiger partial charge < -0.3 is 29.3 Å². The molecule has 0 aromatic heterocycles. The number of likely N-dealkylation sites (tertiary alicyclic amines) is 1. The maximum atomic E-state index is 13.2. The van der Waals surface area contributed by atoms with Crippen molar-refractivity contribution in [2.24, 2.45) is 11.8 Å². The smallest absolute Gasteiger partial charge is 0.231 e. The van der Waals surface area contributed by atoms with Crippen LogP contribution in [0.5, 0.6) is 17.2 Å². The van der Waals surface area contributed by atoms with Gasteiger partial charge in [0.1, 0.15) is 5.75 Å². The Bertz CT molecular complexity index is 1130. The molecule has 184 valence electrons. The van der Waals surface area contributed by atoms with Crippen LogP contribution in [-0.4, -0.2) is 55.7 Å². The number of piperidine rings is 1. The number of para-hydroxylation sites is 2. The van der Waals surface area contributed by atoms with Gasteiger partial charge in [-0.3, -0.25) is 14.4 Å². The number of nitrogens with zero attached hydrogens (tertiary/aromatic N) is 2. The molecule has 35 heavy (non-hydrogen) atoms. The molecule has 3 heterocycles. The van der Waals surface area contributed by atoms with E-state index in [0.29, 0.717) is 67.7 Å². The Hall–Kier alpha value is -3.75. The molecule has 2 aromatic rings. The lowest BCUT2D eigenvalue weighted by Gasteiger charge is -2.33. The molecule has 2 fully saturated rings. The molecule has 1 N–H and O–H groups in total. The summed E-state index contributed by atoms with van der Waals surface area (Å²) in [6.07, 6.45) is 1.35. The normalized spacial score (nSPS) is 19.7. The maximum absolute atomic E-state index is 13.2. The number of nitrogens with one attached hydrogen (secondary N) is 1. The maximum Gasteiger partial charge on any atom is 0.231 e. The monoisotopic (exact) mass is 479 g/mol. The van der Waals surface area contributed by atoms with E-state index in [2.05, 4.69) is 5.32 Å². The number of ether oxygens (including phenoxy) is 3. The second-order valence-corrected chi connectivity index (χ2v) is 8.96. The number of benzene rings is 2. The van der Waals surface area contributed by atoms with E-state index in [1.165, 1.54) is 0 Å². The largest absolute Gasteiger partial charge is 0.492 e. The highest BCUT2D eigenvalue weighted by atomic mass is 16.7.